The molecule has 4 heterocycles. The van der Waals surface area contributed by atoms with Gasteiger partial charge in [0.1, 0.15) is 5.76 Å². The van der Waals surface area contributed by atoms with Crippen molar-refractivity contribution in [2.45, 2.75) is 33.6 Å². The van der Waals surface area contributed by atoms with Gasteiger partial charge in [0.05, 0.1) is 34.4 Å². The van der Waals surface area contributed by atoms with E-state index in [2.05, 4.69) is 20.1 Å². The number of hydrogen-bond donors (Lipinski definition) is 0. The number of pyridine rings is 1. The fourth-order valence-electron chi connectivity index (χ4n) is 3.69. The van der Waals surface area contributed by atoms with Crippen molar-refractivity contribution in [1.82, 2.24) is 25.0 Å². The molecule has 1 amide bonds. The van der Waals surface area contributed by atoms with E-state index in [4.69, 9.17) is 4.52 Å². The van der Waals surface area contributed by atoms with Gasteiger partial charge >= 0.3 is 0 Å². The molecule has 144 valence electrons. The fraction of sp³-hybridized carbons (Fsp3) is 0.381. The first kappa shape index (κ1) is 18.3. The van der Waals surface area contributed by atoms with Crippen LogP contribution in [0.15, 0.2) is 35.2 Å². The molecule has 0 saturated carbocycles. The van der Waals surface area contributed by atoms with E-state index in [1.165, 1.54) is 0 Å². The summed E-state index contributed by atoms with van der Waals surface area (Å²) in [6, 6.07) is 3.72. The molecule has 1 aliphatic rings. The lowest BCUT2D eigenvalue weighted by atomic mass is 10.0. The quantitative estimate of drug-likeness (QED) is 0.694. The summed E-state index contributed by atoms with van der Waals surface area (Å²) >= 11 is 0. The summed E-state index contributed by atoms with van der Waals surface area (Å²) in [5.74, 6) is 1.19. The van der Waals surface area contributed by atoms with Crippen LogP contribution in [0.2, 0.25) is 0 Å². The molecule has 0 unspecified atom stereocenters. The van der Waals surface area contributed by atoms with Gasteiger partial charge in [-0.25, -0.2) is 0 Å². The van der Waals surface area contributed by atoms with Crippen molar-refractivity contribution in [2.75, 3.05) is 13.1 Å². The first-order valence-electron chi connectivity index (χ1n) is 9.47. The van der Waals surface area contributed by atoms with E-state index in [9.17, 15) is 4.79 Å². The Morgan fingerprint density at radius 2 is 2.00 bits per heavy atom. The van der Waals surface area contributed by atoms with Crippen molar-refractivity contribution in [3.8, 4) is 11.3 Å². The second-order valence-corrected chi connectivity index (χ2v) is 7.39. The topological polar surface area (TPSA) is 85.0 Å². The highest BCUT2D eigenvalue weighted by molar-refractivity contribution is 5.94. The number of rotatable bonds is 4. The van der Waals surface area contributed by atoms with E-state index in [0.717, 1.165) is 60.0 Å². The minimum Gasteiger partial charge on any atom is -0.361 e. The number of hydrogen-bond acceptors (Lipinski definition) is 6. The van der Waals surface area contributed by atoms with Gasteiger partial charge in [-0.15, -0.1) is 0 Å². The molecule has 0 N–H and O–H groups in total. The number of nitrogens with zero attached hydrogens (tertiary/aromatic N) is 5. The number of likely N-dealkylation sites (tertiary alicyclic amines) is 1. The highest BCUT2D eigenvalue weighted by Crippen LogP contribution is 2.25. The Morgan fingerprint density at radius 3 is 2.64 bits per heavy atom. The summed E-state index contributed by atoms with van der Waals surface area (Å²) in [4.78, 5) is 27.9. The van der Waals surface area contributed by atoms with Crippen LogP contribution in [0, 0.1) is 26.7 Å². The van der Waals surface area contributed by atoms with Crippen molar-refractivity contribution in [3.63, 3.8) is 0 Å². The number of aryl methyl sites for hydroxylation is 3. The number of amides is 1. The van der Waals surface area contributed by atoms with Crippen LogP contribution in [-0.4, -0.2) is 44.0 Å². The van der Waals surface area contributed by atoms with Crippen LogP contribution in [0.5, 0.6) is 0 Å². The zero-order valence-electron chi connectivity index (χ0n) is 16.3. The lowest BCUT2D eigenvalue weighted by Gasteiger charge is -2.16. The molecule has 1 atom stereocenters. The largest absolute Gasteiger partial charge is 0.361 e. The van der Waals surface area contributed by atoms with Crippen LogP contribution in [0.3, 0.4) is 0 Å². The van der Waals surface area contributed by atoms with Gasteiger partial charge in [0.2, 0.25) is 0 Å². The maximum atomic E-state index is 12.6. The van der Waals surface area contributed by atoms with Crippen LogP contribution in [0.1, 0.15) is 39.6 Å². The third-order valence-corrected chi connectivity index (χ3v) is 5.22. The van der Waals surface area contributed by atoms with Gasteiger partial charge < -0.3 is 9.42 Å². The van der Waals surface area contributed by atoms with Crippen LogP contribution < -0.4 is 0 Å². The minimum atomic E-state index is 0.0508. The molecule has 0 bridgehead atoms. The summed E-state index contributed by atoms with van der Waals surface area (Å²) in [6.07, 6.45) is 7.03. The Labute approximate surface area is 163 Å². The van der Waals surface area contributed by atoms with Crippen LogP contribution >= 0.6 is 0 Å². The van der Waals surface area contributed by atoms with Crippen LogP contribution in [-0.2, 0) is 6.42 Å². The first-order chi connectivity index (χ1) is 13.5. The lowest BCUT2D eigenvalue weighted by Crippen LogP contribution is -2.29. The monoisotopic (exact) mass is 377 g/mol. The van der Waals surface area contributed by atoms with Crippen molar-refractivity contribution in [1.29, 1.82) is 0 Å². The summed E-state index contributed by atoms with van der Waals surface area (Å²) in [5.41, 5.74) is 4.99. The van der Waals surface area contributed by atoms with Gasteiger partial charge in [-0.05, 0) is 51.7 Å². The van der Waals surface area contributed by atoms with E-state index in [1.807, 2.05) is 44.0 Å². The predicted octanol–water partition coefficient (Wildman–Crippen LogP) is 3.16. The molecule has 7 nitrogen and oxygen atoms in total. The number of aromatic nitrogens is 4. The first-order valence-corrected chi connectivity index (χ1v) is 9.47. The Hall–Kier alpha value is -3.09. The van der Waals surface area contributed by atoms with Crippen molar-refractivity contribution in [3.05, 3.63) is 59.1 Å². The molecule has 3 aromatic rings. The Balaban J connectivity index is 1.39. The smallest absolute Gasteiger partial charge is 0.255 e. The molecule has 0 aliphatic carbocycles. The fourth-order valence-corrected chi connectivity index (χ4v) is 3.69. The third kappa shape index (κ3) is 3.65. The van der Waals surface area contributed by atoms with E-state index < -0.39 is 0 Å². The Morgan fingerprint density at radius 1 is 1.14 bits per heavy atom. The normalized spacial score (nSPS) is 16.5. The Bertz CT molecular complexity index is 960. The molecule has 1 saturated heterocycles. The molecule has 0 spiro atoms. The van der Waals surface area contributed by atoms with Gasteiger partial charge in [-0.1, -0.05) is 5.16 Å². The third-order valence-electron chi connectivity index (χ3n) is 5.22. The highest BCUT2D eigenvalue weighted by atomic mass is 16.5. The predicted molar refractivity (Wildman–Crippen MR) is 104 cm³/mol. The molecule has 1 aliphatic heterocycles. The molecule has 0 radical (unpaired) electrons. The molecule has 0 aromatic carbocycles. The van der Waals surface area contributed by atoms with Gasteiger partial charge in [0.15, 0.2) is 0 Å². The molecule has 28 heavy (non-hydrogen) atoms. The second-order valence-electron chi connectivity index (χ2n) is 7.39. The standard InChI is InChI=1S/C21H23N5O2/c1-13-4-5-17(9-22-13)21(27)26-7-6-16(12-26)8-18-10-24-19(11-23-18)20-14(2)25-28-15(20)3/h4-5,9-11,16H,6-8,12H2,1-3H3/t16-/m0/s1. The lowest BCUT2D eigenvalue weighted by molar-refractivity contribution is 0.0786. The summed E-state index contributed by atoms with van der Waals surface area (Å²) < 4.78 is 5.21. The zero-order valence-corrected chi connectivity index (χ0v) is 16.3. The van der Waals surface area contributed by atoms with E-state index in [1.54, 1.807) is 12.4 Å². The maximum Gasteiger partial charge on any atom is 0.255 e. The van der Waals surface area contributed by atoms with Gasteiger partial charge in [-0.2, -0.15) is 0 Å². The van der Waals surface area contributed by atoms with Gasteiger partial charge in [0, 0.05) is 31.2 Å². The minimum absolute atomic E-state index is 0.0508. The molecule has 3 aromatic heterocycles. The zero-order chi connectivity index (χ0) is 19.7. The van der Waals surface area contributed by atoms with Crippen molar-refractivity contribution < 1.29 is 9.32 Å². The van der Waals surface area contributed by atoms with Crippen LogP contribution in [0.4, 0.5) is 0 Å². The molecule has 1 fully saturated rings. The number of carbonyl (C=O) groups excluding carboxylic acids is 1. The molecular formula is C21H23N5O2. The van der Waals surface area contributed by atoms with Crippen LogP contribution in [0.25, 0.3) is 11.3 Å². The van der Waals surface area contributed by atoms with E-state index in [0.29, 0.717) is 11.5 Å². The molecule has 7 heteroatoms. The molecular weight excluding hydrogens is 354 g/mol. The number of carbonyl (C=O) groups is 1. The SMILES string of the molecule is Cc1ccc(C(=O)N2CC[C@@H](Cc3cnc(-c4c(C)noc4C)cn3)C2)cn1. The average molecular weight is 377 g/mol. The van der Waals surface area contributed by atoms with Gasteiger partial charge in [0.25, 0.3) is 5.91 Å². The Kier molecular flexibility index (Phi) is 4.90. The summed E-state index contributed by atoms with van der Waals surface area (Å²) in [6.45, 7) is 7.19. The molecule has 4 rings (SSSR count). The van der Waals surface area contributed by atoms with E-state index >= 15 is 0 Å². The van der Waals surface area contributed by atoms with Gasteiger partial charge in [-0.3, -0.25) is 19.7 Å². The van der Waals surface area contributed by atoms with Crippen molar-refractivity contribution >= 4 is 5.91 Å². The van der Waals surface area contributed by atoms with Crippen molar-refractivity contribution in [2.24, 2.45) is 5.92 Å². The second kappa shape index (κ2) is 7.50. The summed E-state index contributed by atoms with van der Waals surface area (Å²) in [7, 11) is 0. The summed E-state index contributed by atoms with van der Waals surface area (Å²) in [5, 5.41) is 3.97. The average Bonchev–Trinajstić information content (AvgIpc) is 3.29. The highest BCUT2D eigenvalue weighted by Gasteiger charge is 2.27. The maximum absolute atomic E-state index is 12.6. The van der Waals surface area contributed by atoms with E-state index in [-0.39, 0.29) is 5.91 Å².